The highest BCUT2D eigenvalue weighted by Gasteiger charge is 2.14. The van der Waals surface area contributed by atoms with E-state index in [2.05, 4.69) is 0 Å². The number of carboxylic acids is 1. The van der Waals surface area contributed by atoms with Crippen molar-refractivity contribution in [1.82, 2.24) is 0 Å². The van der Waals surface area contributed by atoms with Crippen LogP contribution in [0, 0.1) is 0 Å². The zero-order valence-electron chi connectivity index (χ0n) is 10.7. The number of hydrogen-bond acceptors (Lipinski definition) is 2. The molecule has 102 valence electrons. The standard InChI is InChI=1S/C15H14N2O3/c16-15(20)17(12-4-2-1-3-5-12)13-8-6-11(7-9-13)10-14(18)19/h1-9H,10H2,(H2,16,20)(H,18,19). The summed E-state index contributed by atoms with van der Waals surface area (Å²) in [5, 5.41) is 8.73. The van der Waals surface area contributed by atoms with Gasteiger partial charge in [0.2, 0.25) is 0 Å². The van der Waals surface area contributed by atoms with Gasteiger partial charge >= 0.3 is 12.0 Å². The van der Waals surface area contributed by atoms with Crippen LogP contribution in [0.3, 0.4) is 0 Å². The van der Waals surface area contributed by atoms with Crippen LogP contribution < -0.4 is 10.6 Å². The lowest BCUT2D eigenvalue weighted by Crippen LogP contribution is -2.31. The van der Waals surface area contributed by atoms with Gasteiger partial charge in [0.05, 0.1) is 17.8 Å². The van der Waals surface area contributed by atoms with E-state index in [1.54, 1.807) is 36.4 Å². The number of primary amides is 1. The van der Waals surface area contributed by atoms with E-state index < -0.39 is 12.0 Å². The summed E-state index contributed by atoms with van der Waals surface area (Å²) in [5.41, 5.74) is 7.33. The van der Waals surface area contributed by atoms with Crippen molar-refractivity contribution in [2.24, 2.45) is 5.73 Å². The summed E-state index contributed by atoms with van der Waals surface area (Å²) >= 11 is 0. The number of carboxylic acid groups (broad SMARTS) is 1. The number of carbonyl (C=O) groups is 2. The Morgan fingerprint density at radius 3 is 2.00 bits per heavy atom. The molecule has 0 spiro atoms. The van der Waals surface area contributed by atoms with E-state index in [4.69, 9.17) is 10.8 Å². The van der Waals surface area contributed by atoms with E-state index in [-0.39, 0.29) is 6.42 Å². The van der Waals surface area contributed by atoms with E-state index in [9.17, 15) is 9.59 Å². The van der Waals surface area contributed by atoms with Gasteiger partial charge < -0.3 is 10.8 Å². The van der Waals surface area contributed by atoms with E-state index in [0.717, 1.165) is 0 Å². The number of benzene rings is 2. The van der Waals surface area contributed by atoms with Crippen molar-refractivity contribution >= 4 is 23.4 Å². The second kappa shape index (κ2) is 5.88. The van der Waals surface area contributed by atoms with E-state index >= 15 is 0 Å². The molecule has 2 aromatic rings. The first-order valence-corrected chi connectivity index (χ1v) is 6.03. The van der Waals surface area contributed by atoms with E-state index in [0.29, 0.717) is 16.9 Å². The molecule has 0 unspecified atom stereocenters. The number of urea groups is 1. The lowest BCUT2D eigenvalue weighted by atomic mass is 10.1. The van der Waals surface area contributed by atoms with Crippen molar-refractivity contribution in [3.8, 4) is 0 Å². The minimum absolute atomic E-state index is 0.0534. The van der Waals surface area contributed by atoms with Crippen LogP contribution in [0.4, 0.5) is 16.2 Å². The Balaban J connectivity index is 2.31. The maximum Gasteiger partial charge on any atom is 0.323 e. The lowest BCUT2D eigenvalue weighted by molar-refractivity contribution is -0.136. The fourth-order valence-electron chi connectivity index (χ4n) is 1.92. The smallest absolute Gasteiger partial charge is 0.323 e. The molecular weight excluding hydrogens is 256 g/mol. The van der Waals surface area contributed by atoms with Gasteiger partial charge in [0, 0.05) is 0 Å². The summed E-state index contributed by atoms with van der Waals surface area (Å²) < 4.78 is 0. The number of aliphatic carboxylic acids is 1. The number of rotatable bonds is 4. The van der Waals surface area contributed by atoms with Gasteiger partial charge in [-0.2, -0.15) is 0 Å². The number of para-hydroxylation sites is 1. The minimum Gasteiger partial charge on any atom is -0.481 e. The number of nitrogens with zero attached hydrogens (tertiary/aromatic N) is 1. The van der Waals surface area contributed by atoms with Gasteiger partial charge in [0.25, 0.3) is 0 Å². The largest absolute Gasteiger partial charge is 0.481 e. The Morgan fingerprint density at radius 1 is 0.950 bits per heavy atom. The van der Waals surface area contributed by atoms with Crippen molar-refractivity contribution in [2.45, 2.75) is 6.42 Å². The minimum atomic E-state index is -0.896. The molecule has 0 heterocycles. The molecule has 0 saturated carbocycles. The molecular formula is C15H14N2O3. The first kappa shape index (κ1) is 13.6. The second-order valence-corrected chi connectivity index (χ2v) is 4.25. The average Bonchev–Trinajstić information content (AvgIpc) is 2.41. The normalized spacial score (nSPS) is 10.0. The highest BCUT2D eigenvalue weighted by molar-refractivity contribution is 5.98. The maximum atomic E-state index is 11.6. The predicted octanol–water partition coefficient (Wildman–Crippen LogP) is 2.53. The molecule has 20 heavy (non-hydrogen) atoms. The number of amides is 2. The van der Waals surface area contributed by atoms with Gasteiger partial charge in [-0.3, -0.25) is 9.69 Å². The molecule has 0 atom stereocenters. The van der Waals surface area contributed by atoms with Crippen molar-refractivity contribution in [3.63, 3.8) is 0 Å². The Bertz CT molecular complexity index is 609. The molecule has 5 nitrogen and oxygen atoms in total. The van der Waals surface area contributed by atoms with Crippen LogP contribution in [0.15, 0.2) is 54.6 Å². The average molecular weight is 270 g/mol. The van der Waals surface area contributed by atoms with Gasteiger partial charge in [0.1, 0.15) is 0 Å². The summed E-state index contributed by atoms with van der Waals surface area (Å²) in [7, 11) is 0. The molecule has 2 aromatic carbocycles. The Morgan fingerprint density at radius 2 is 1.50 bits per heavy atom. The Hall–Kier alpha value is -2.82. The van der Waals surface area contributed by atoms with Crippen LogP contribution in [0.25, 0.3) is 0 Å². The zero-order chi connectivity index (χ0) is 14.5. The van der Waals surface area contributed by atoms with Gasteiger partial charge in [0.15, 0.2) is 0 Å². The van der Waals surface area contributed by atoms with Gasteiger partial charge in [-0.05, 0) is 29.8 Å². The molecule has 0 fully saturated rings. The molecule has 0 aliphatic heterocycles. The highest BCUT2D eigenvalue weighted by atomic mass is 16.4. The quantitative estimate of drug-likeness (QED) is 0.895. The molecule has 0 aromatic heterocycles. The van der Waals surface area contributed by atoms with Crippen LogP contribution >= 0.6 is 0 Å². The van der Waals surface area contributed by atoms with E-state index in [1.165, 1.54) is 4.90 Å². The first-order chi connectivity index (χ1) is 9.58. The molecule has 0 bridgehead atoms. The molecule has 0 aliphatic rings. The molecule has 2 rings (SSSR count). The van der Waals surface area contributed by atoms with Gasteiger partial charge in [-0.15, -0.1) is 0 Å². The van der Waals surface area contributed by atoms with Gasteiger partial charge in [-0.25, -0.2) is 4.79 Å². The number of hydrogen-bond donors (Lipinski definition) is 2. The first-order valence-electron chi connectivity index (χ1n) is 6.03. The molecule has 3 N–H and O–H groups in total. The molecule has 0 aliphatic carbocycles. The number of carbonyl (C=O) groups excluding carboxylic acids is 1. The molecule has 0 saturated heterocycles. The van der Waals surface area contributed by atoms with Crippen LogP contribution in [-0.4, -0.2) is 17.1 Å². The third-order valence-electron chi connectivity index (χ3n) is 2.78. The molecule has 0 radical (unpaired) electrons. The summed E-state index contributed by atoms with van der Waals surface area (Å²) in [6, 6.07) is 15.1. The SMILES string of the molecule is NC(=O)N(c1ccccc1)c1ccc(CC(=O)O)cc1. The topological polar surface area (TPSA) is 83.6 Å². The summed E-state index contributed by atoms with van der Waals surface area (Å²) in [6.07, 6.45) is -0.0534. The number of nitrogens with two attached hydrogens (primary N) is 1. The fraction of sp³-hybridized carbons (Fsp3) is 0.0667. The molecule has 2 amide bonds. The second-order valence-electron chi connectivity index (χ2n) is 4.25. The van der Waals surface area contributed by atoms with Crippen LogP contribution in [0.2, 0.25) is 0 Å². The summed E-state index contributed by atoms with van der Waals surface area (Å²) in [4.78, 5) is 23.6. The Labute approximate surface area is 116 Å². The van der Waals surface area contributed by atoms with E-state index in [1.807, 2.05) is 18.2 Å². The summed E-state index contributed by atoms with van der Waals surface area (Å²) in [6.45, 7) is 0. The van der Waals surface area contributed by atoms with Gasteiger partial charge in [-0.1, -0.05) is 30.3 Å². The summed E-state index contributed by atoms with van der Waals surface area (Å²) in [5.74, 6) is -0.896. The third kappa shape index (κ3) is 3.14. The zero-order valence-corrected chi connectivity index (χ0v) is 10.7. The lowest BCUT2D eigenvalue weighted by Gasteiger charge is -2.20. The predicted molar refractivity (Wildman–Crippen MR) is 75.9 cm³/mol. The monoisotopic (exact) mass is 270 g/mol. The van der Waals surface area contributed by atoms with Crippen LogP contribution in [0.1, 0.15) is 5.56 Å². The Kier molecular flexibility index (Phi) is 4.00. The van der Waals surface area contributed by atoms with Crippen molar-refractivity contribution < 1.29 is 14.7 Å². The molecule has 5 heteroatoms. The maximum absolute atomic E-state index is 11.6. The number of anilines is 2. The van der Waals surface area contributed by atoms with Crippen LogP contribution in [-0.2, 0) is 11.2 Å². The van der Waals surface area contributed by atoms with Crippen molar-refractivity contribution in [3.05, 3.63) is 60.2 Å². The fourth-order valence-corrected chi connectivity index (χ4v) is 1.92. The van der Waals surface area contributed by atoms with Crippen molar-refractivity contribution in [1.29, 1.82) is 0 Å². The third-order valence-corrected chi connectivity index (χ3v) is 2.78. The van der Waals surface area contributed by atoms with Crippen molar-refractivity contribution in [2.75, 3.05) is 4.90 Å². The van der Waals surface area contributed by atoms with Crippen LogP contribution in [0.5, 0.6) is 0 Å². The highest BCUT2D eigenvalue weighted by Crippen LogP contribution is 2.25.